The Hall–Kier alpha value is -4.10. The number of ether oxygens (including phenoxy) is 2. The fraction of sp³-hybridized carbons (Fsp3) is 0.233. The van der Waals surface area contributed by atoms with Crippen molar-refractivity contribution in [3.05, 3.63) is 100 Å². The molecule has 0 saturated carbocycles. The minimum Gasteiger partial charge on any atom is -0.490 e. The molecule has 0 radical (unpaired) electrons. The van der Waals surface area contributed by atoms with E-state index in [1.165, 1.54) is 0 Å². The predicted octanol–water partition coefficient (Wildman–Crippen LogP) is 6.60. The molecule has 1 N–H and O–H groups in total. The van der Waals surface area contributed by atoms with Crippen LogP contribution in [0, 0.1) is 0 Å². The standard InChI is InChI=1S/C30H27ClN4O3/c1-2-37-26-17-20(14-15-25(26)38-18-19-8-4-3-5-9-19)28-27-23(12-7-13-24(27)36)32-30-33-29(34-35(28)30)21-10-6-11-22(31)16-21/h3-6,8-11,14-17,28H,2,7,12-13,18H2,1H3,(H,32,33,34). The van der Waals surface area contributed by atoms with E-state index in [-0.39, 0.29) is 5.78 Å². The van der Waals surface area contributed by atoms with Crippen molar-refractivity contribution in [2.45, 2.75) is 38.8 Å². The third-order valence-corrected chi connectivity index (χ3v) is 7.01. The summed E-state index contributed by atoms with van der Waals surface area (Å²) in [5.74, 6) is 2.54. The van der Waals surface area contributed by atoms with Crippen molar-refractivity contribution in [3.63, 3.8) is 0 Å². The zero-order valence-electron chi connectivity index (χ0n) is 21.0. The Morgan fingerprint density at radius 2 is 1.87 bits per heavy atom. The van der Waals surface area contributed by atoms with Crippen LogP contribution in [0.1, 0.15) is 43.4 Å². The van der Waals surface area contributed by atoms with Gasteiger partial charge in [-0.25, -0.2) is 4.68 Å². The van der Waals surface area contributed by atoms with Crippen molar-refractivity contribution < 1.29 is 14.3 Å². The maximum atomic E-state index is 13.2. The van der Waals surface area contributed by atoms with Crippen molar-refractivity contribution in [3.8, 4) is 22.9 Å². The zero-order valence-corrected chi connectivity index (χ0v) is 21.7. The summed E-state index contributed by atoms with van der Waals surface area (Å²) in [6.07, 6.45) is 2.11. The molecule has 4 aromatic rings. The smallest absolute Gasteiger partial charge is 0.226 e. The third kappa shape index (κ3) is 4.65. The second kappa shape index (κ2) is 10.3. The molecule has 1 aliphatic heterocycles. The molecular formula is C30H27ClN4O3. The number of carbonyl (C=O) groups excluding carboxylic acids is 1. The van der Waals surface area contributed by atoms with Gasteiger partial charge in [-0.3, -0.25) is 4.79 Å². The molecule has 0 spiro atoms. The van der Waals surface area contributed by atoms with E-state index in [9.17, 15) is 4.79 Å². The first-order valence-corrected chi connectivity index (χ1v) is 13.2. The highest BCUT2D eigenvalue weighted by atomic mass is 35.5. The molecule has 1 aliphatic carbocycles. The average molecular weight is 527 g/mol. The Morgan fingerprint density at radius 3 is 2.68 bits per heavy atom. The molecule has 8 heteroatoms. The van der Waals surface area contributed by atoms with E-state index in [2.05, 4.69) is 5.32 Å². The number of halogens is 1. The van der Waals surface area contributed by atoms with Crippen LogP contribution >= 0.6 is 11.6 Å². The number of ketones is 1. The van der Waals surface area contributed by atoms with E-state index in [1.54, 1.807) is 4.68 Å². The summed E-state index contributed by atoms with van der Waals surface area (Å²) in [4.78, 5) is 18.0. The average Bonchev–Trinajstić information content (AvgIpc) is 3.36. The lowest BCUT2D eigenvalue weighted by Crippen LogP contribution is -2.31. The van der Waals surface area contributed by atoms with Crippen molar-refractivity contribution >= 4 is 23.3 Å². The van der Waals surface area contributed by atoms with Gasteiger partial charge in [-0.15, -0.1) is 5.10 Å². The topological polar surface area (TPSA) is 78.3 Å². The van der Waals surface area contributed by atoms with Crippen LogP contribution in [0.4, 0.5) is 5.95 Å². The Morgan fingerprint density at radius 1 is 1.00 bits per heavy atom. The van der Waals surface area contributed by atoms with Crippen LogP contribution < -0.4 is 14.8 Å². The summed E-state index contributed by atoms with van der Waals surface area (Å²) in [5, 5.41) is 8.84. The van der Waals surface area contributed by atoms with Crippen LogP contribution in [-0.2, 0) is 11.4 Å². The number of allylic oxidation sites excluding steroid dienone is 2. The number of hydrogen-bond acceptors (Lipinski definition) is 6. The number of carbonyl (C=O) groups is 1. The summed E-state index contributed by atoms with van der Waals surface area (Å²) in [7, 11) is 0. The SMILES string of the molecule is CCOc1cc(C2C3=C(CCCC3=O)Nc3nc(-c4cccc(Cl)c4)nn32)ccc1OCc1ccccc1. The van der Waals surface area contributed by atoms with E-state index < -0.39 is 6.04 Å². The predicted molar refractivity (Wildman–Crippen MR) is 146 cm³/mol. The van der Waals surface area contributed by atoms with Crippen molar-refractivity contribution in [1.29, 1.82) is 0 Å². The van der Waals surface area contributed by atoms with Gasteiger partial charge in [-0.2, -0.15) is 4.98 Å². The quantitative estimate of drug-likeness (QED) is 0.292. The van der Waals surface area contributed by atoms with Crippen molar-refractivity contribution in [2.75, 3.05) is 11.9 Å². The van der Waals surface area contributed by atoms with Crippen LogP contribution in [0.5, 0.6) is 11.5 Å². The van der Waals surface area contributed by atoms with Crippen LogP contribution in [0.2, 0.25) is 5.02 Å². The Labute approximate surface area is 226 Å². The first-order valence-electron chi connectivity index (χ1n) is 12.8. The molecule has 7 nitrogen and oxygen atoms in total. The van der Waals surface area contributed by atoms with Crippen molar-refractivity contribution in [2.24, 2.45) is 0 Å². The minimum absolute atomic E-state index is 0.122. The molecule has 0 bridgehead atoms. The normalized spacial score (nSPS) is 16.5. The van der Waals surface area contributed by atoms with Gasteiger partial charge in [0.1, 0.15) is 12.6 Å². The molecule has 0 saturated heterocycles. The lowest BCUT2D eigenvalue weighted by atomic mass is 9.85. The van der Waals surface area contributed by atoms with Gasteiger partial charge in [0, 0.05) is 28.3 Å². The molecule has 3 aromatic carbocycles. The number of aromatic nitrogens is 3. The Bertz CT molecular complexity index is 1530. The fourth-order valence-corrected chi connectivity index (χ4v) is 5.22. The monoisotopic (exact) mass is 526 g/mol. The van der Waals surface area contributed by atoms with Gasteiger partial charge in [0.15, 0.2) is 23.1 Å². The number of rotatable bonds is 7. The third-order valence-electron chi connectivity index (χ3n) is 6.77. The second-order valence-corrected chi connectivity index (χ2v) is 9.76. The lowest BCUT2D eigenvalue weighted by molar-refractivity contribution is -0.116. The minimum atomic E-state index is -0.433. The van der Waals surface area contributed by atoms with Gasteiger partial charge >= 0.3 is 0 Å². The van der Waals surface area contributed by atoms with E-state index >= 15 is 0 Å². The molecule has 1 aromatic heterocycles. The molecular weight excluding hydrogens is 500 g/mol. The van der Waals surface area contributed by atoms with Gasteiger partial charge in [0.2, 0.25) is 5.95 Å². The fourth-order valence-electron chi connectivity index (χ4n) is 5.03. The molecule has 0 amide bonds. The molecule has 1 unspecified atom stereocenters. The number of nitrogens with zero attached hydrogens (tertiary/aromatic N) is 3. The highest BCUT2D eigenvalue weighted by molar-refractivity contribution is 6.30. The Kier molecular flexibility index (Phi) is 6.60. The van der Waals surface area contributed by atoms with Gasteiger partial charge in [-0.05, 0) is 55.2 Å². The van der Waals surface area contributed by atoms with Crippen LogP contribution in [0.15, 0.2) is 84.1 Å². The summed E-state index contributed by atoms with van der Waals surface area (Å²) in [6.45, 7) is 2.85. The molecule has 38 heavy (non-hydrogen) atoms. The number of Topliss-reactive ketones (excluding diaryl/α,β-unsaturated/α-hetero) is 1. The zero-order chi connectivity index (χ0) is 26.1. The summed E-state index contributed by atoms with van der Waals surface area (Å²) in [5.41, 5.74) is 4.40. The number of nitrogens with one attached hydrogen (secondary N) is 1. The van der Waals surface area contributed by atoms with Gasteiger partial charge in [0.05, 0.1) is 6.61 Å². The second-order valence-electron chi connectivity index (χ2n) is 9.32. The molecule has 2 aliphatic rings. The first kappa shape index (κ1) is 24.2. The van der Waals surface area contributed by atoms with E-state index in [4.69, 9.17) is 31.2 Å². The van der Waals surface area contributed by atoms with Gasteiger partial charge < -0.3 is 14.8 Å². The number of benzene rings is 3. The maximum Gasteiger partial charge on any atom is 0.226 e. The van der Waals surface area contributed by atoms with Gasteiger partial charge in [0.25, 0.3) is 0 Å². The van der Waals surface area contributed by atoms with Crippen LogP contribution in [0.25, 0.3) is 11.4 Å². The van der Waals surface area contributed by atoms with E-state index in [1.807, 2.05) is 79.7 Å². The summed E-state index contributed by atoms with van der Waals surface area (Å²) < 4.78 is 13.9. The number of anilines is 1. The molecule has 192 valence electrons. The van der Waals surface area contributed by atoms with Crippen LogP contribution in [-0.4, -0.2) is 27.2 Å². The largest absolute Gasteiger partial charge is 0.490 e. The number of fused-ring (bicyclic) bond motifs is 1. The highest BCUT2D eigenvalue weighted by Crippen LogP contribution is 2.43. The summed E-state index contributed by atoms with van der Waals surface area (Å²) in [6, 6.07) is 22.9. The maximum absolute atomic E-state index is 13.2. The lowest BCUT2D eigenvalue weighted by Gasteiger charge is -2.32. The van der Waals surface area contributed by atoms with Crippen molar-refractivity contribution in [1.82, 2.24) is 14.8 Å². The highest BCUT2D eigenvalue weighted by Gasteiger charge is 2.37. The number of hydrogen-bond donors (Lipinski definition) is 1. The molecule has 0 fully saturated rings. The summed E-state index contributed by atoms with van der Waals surface area (Å²) >= 11 is 6.23. The molecule has 6 rings (SSSR count). The molecule has 2 heterocycles. The Balaban J connectivity index is 1.41. The van der Waals surface area contributed by atoms with E-state index in [0.29, 0.717) is 47.9 Å². The first-order chi connectivity index (χ1) is 18.6. The van der Waals surface area contributed by atoms with E-state index in [0.717, 1.165) is 40.8 Å². The molecule has 1 atom stereocenters. The van der Waals surface area contributed by atoms with Crippen LogP contribution in [0.3, 0.4) is 0 Å². The van der Waals surface area contributed by atoms with Gasteiger partial charge in [-0.1, -0.05) is 60.1 Å².